The van der Waals surface area contributed by atoms with Gasteiger partial charge in [-0.1, -0.05) is 32.0 Å². The third-order valence-corrected chi connectivity index (χ3v) is 4.82. The van der Waals surface area contributed by atoms with Crippen LogP contribution in [0.2, 0.25) is 0 Å². The highest BCUT2D eigenvalue weighted by Crippen LogP contribution is 2.46. The van der Waals surface area contributed by atoms with Gasteiger partial charge in [0.2, 0.25) is 5.78 Å². The van der Waals surface area contributed by atoms with E-state index in [1.165, 1.54) is 18.7 Å². The number of ether oxygens (including phenoxy) is 1. The Bertz CT molecular complexity index is 869. The zero-order valence-electron chi connectivity index (χ0n) is 14.9. The summed E-state index contributed by atoms with van der Waals surface area (Å²) in [5, 5.41) is 0. The summed E-state index contributed by atoms with van der Waals surface area (Å²) in [5.74, 6) is -0.0440. The van der Waals surface area contributed by atoms with Crippen molar-refractivity contribution in [1.82, 2.24) is 0 Å². The number of para-hydroxylation sites is 1. The van der Waals surface area contributed by atoms with Crippen LogP contribution in [0.3, 0.4) is 0 Å². The number of fused-ring (bicyclic) bond motifs is 1. The largest absolute Gasteiger partial charge is 0.493 e. The number of likely N-dealkylation sites (N-methyl/N-ethyl adjacent to an activating group) is 1. The molecule has 0 saturated heterocycles. The van der Waals surface area contributed by atoms with Crippen LogP contribution in [-0.2, 0) is 19.7 Å². The maximum Gasteiger partial charge on any atom is 0.227 e. The molecule has 0 atom stereocenters. The van der Waals surface area contributed by atoms with E-state index in [0.29, 0.717) is 17.4 Å². The van der Waals surface area contributed by atoms with Crippen LogP contribution in [0.15, 0.2) is 71.2 Å². The summed E-state index contributed by atoms with van der Waals surface area (Å²) in [5.41, 5.74) is 4.19. The summed E-state index contributed by atoms with van der Waals surface area (Å²) in [6.07, 6.45) is 7.47. The van der Waals surface area contributed by atoms with Crippen LogP contribution in [0.1, 0.15) is 19.4 Å². The molecule has 0 aromatic heterocycles. The Kier molecular flexibility index (Phi) is 4.21. The van der Waals surface area contributed by atoms with Crippen molar-refractivity contribution >= 4 is 17.8 Å². The summed E-state index contributed by atoms with van der Waals surface area (Å²) >= 11 is 0. The van der Waals surface area contributed by atoms with Crippen LogP contribution < -0.4 is 4.90 Å². The molecule has 1 aromatic carbocycles. The van der Waals surface area contributed by atoms with Crippen LogP contribution in [0.25, 0.3) is 0 Å². The van der Waals surface area contributed by atoms with Crippen molar-refractivity contribution in [3.05, 3.63) is 76.7 Å². The Balaban J connectivity index is 2.03. The van der Waals surface area contributed by atoms with Crippen LogP contribution in [0, 0.1) is 0 Å². The minimum atomic E-state index is -0.221. The third-order valence-electron chi connectivity index (χ3n) is 4.82. The van der Waals surface area contributed by atoms with Crippen molar-refractivity contribution in [2.45, 2.75) is 19.3 Å². The highest BCUT2D eigenvalue weighted by Gasteiger charge is 2.37. The van der Waals surface area contributed by atoms with Gasteiger partial charge in [0.1, 0.15) is 6.29 Å². The average Bonchev–Trinajstić information content (AvgIpc) is 2.81. The molecule has 1 aromatic rings. The van der Waals surface area contributed by atoms with Crippen LogP contribution in [0.5, 0.6) is 0 Å². The topological polar surface area (TPSA) is 46.6 Å². The molecular weight excluding hydrogens is 314 g/mol. The van der Waals surface area contributed by atoms with E-state index in [2.05, 4.69) is 30.9 Å². The smallest absolute Gasteiger partial charge is 0.227 e. The van der Waals surface area contributed by atoms with E-state index < -0.39 is 0 Å². The van der Waals surface area contributed by atoms with E-state index in [-0.39, 0.29) is 17.0 Å². The molecule has 0 spiro atoms. The molecule has 1 aliphatic heterocycles. The molecule has 0 N–H and O–H groups in total. The number of carbonyl (C=O) groups excluding carboxylic acids is 2. The predicted octanol–water partition coefficient (Wildman–Crippen LogP) is 3.46. The number of Topliss-reactive ketones (excluding diaryl/α,β-unsaturated/α-hetero) is 1. The molecule has 0 radical (unpaired) electrons. The Hall–Kier alpha value is -2.88. The molecular formula is C21H21NO3. The molecule has 4 nitrogen and oxygen atoms in total. The average molecular weight is 335 g/mol. The Morgan fingerprint density at radius 3 is 2.48 bits per heavy atom. The summed E-state index contributed by atoms with van der Waals surface area (Å²) in [6, 6.07) is 8.27. The van der Waals surface area contributed by atoms with E-state index in [9.17, 15) is 9.59 Å². The molecule has 1 heterocycles. The Morgan fingerprint density at radius 2 is 1.84 bits per heavy atom. The minimum Gasteiger partial charge on any atom is -0.493 e. The number of benzene rings is 1. The monoisotopic (exact) mass is 335 g/mol. The number of hydrogen-bond acceptors (Lipinski definition) is 4. The van der Waals surface area contributed by atoms with Gasteiger partial charge in [0.25, 0.3) is 0 Å². The number of nitrogens with zero attached hydrogens (tertiary/aromatic N) is 1. The van der Waals surface area contributed by atoms with Crippen LogP contribution in [0.4, 0.5) is 5.69 Å². The normalized spacial score (nSPS) is 21.9. The molecule has 3 rings (SSSR count). The van der Waals surface area contributed by atoms with Gasteiger partial charge in [-0.05, 0) is 35.9 Å². The number of hydrogen-bond donors (Lipinski definition) is 0. The van der Waals surface area contributed by atoms with Crippen molar-refractivity contribution in [3.63, 3.8) is 0 Å². The number of anilines is 1. The van der Waals surface area contributed by atoms with E-state index >= 15 is 0 Å². The number of carbonyl (C=O) groups is 2. The predicted molar refractivity (Wildman–Crippen MR) is 98.3 cm³/mol. The van der Waals surface area contributed by atoms with E-state index in [1.54, 1.807) is 12.2 Å². The van der Waals surface area contributed by atoms with Crippen LogP contribution >= 0.6 is 0 Å². The fourth-order valence-electron chi connectivity index (χ4n) is 3.46. The quantitative estimate of drug-likeness (QED) is 0.627. The molecule has 1 aliphatic carbocycles. The molecule has 0 saturated carbocycles. The number of methoxy groups -OCH3 is 1. The summed E-state index contributed by atoms with van der Waals surface area (Å²) < 4.78 is 5.09. The second kappa shape index (κ2) is 6.20. The lowest BCUT2D eigenvalue weighted by atomic mass is 9.83. The zero-order valence-corrected chi connectivity index (χ0v) is 14.9. The number of ketones is 1. The number of rotatable bonds is 3. The summed E-state index contributed by atoms with van der Waals surface area (Å²) in [4.78, 5) is 25.7. The Morgan fingerprint density at radius 1 is 1.12 bits per heavy atom. The number of aldehydes is 1. The van der Waals surface area contributed by atoms with Gasteiger partial charge in [0.05, 0.1) is 7.11 Å². The molecule has 128 valence electrons. The second-order valence-electron chi connectivity index (χ2n) is 6.68. The molecule has 0 bridgehead atoms. The van der Waals surface area contributed by atoms with E-state index in [1.807, 2.05) is 25.3 Å². The molecule has 0 amide bonds. The highest BCUT2D eigenvalue weighted by atomic mass is 16.5. The fourth-order valence-corrected chi connectivity index (χ4v) is 3.46. The van der Waals surface area contributed by atoms with Crippen molar-refractivity contribution in [2.75, 3.05) is 19.1 Å². The van der Waals surface area contributed by atoms with Gasteiger partial charge < -0.3 is 9.64 Å². The van der Waals surface area contributed by atoms with Crippen molar-refractivity contribution in [3.8, 4) is 0 Å². The van der Waals surface area contributed by atoms with Crippen molar-refractivity contribution in [1.29, 1.82) is 0 Å². The fraction of sp³-hybridized carbons (Fsp3) is 0.238. The van der Waals surface area contributed by atoms with Crippen molar-refractivity contribution in [2.24, 2.45) is 0 Å². The SMILES string of the molecule is COC1=CC(C=O)=C/C(=C/C=C2\N(C)c3ccccc3C2(C)C)C1=O. The van der Waals surface area contributed by atoms with Gasteiger partial charge in [-0.25, -0.2) is 0 Å². The Labute approximate surface area is 147 Å². The molecule has 0 unspecified atom stereocenters. The van der Waals surface area contributed by atoms with E-state index in [4.69, 9.17) is 4.74 Å². The first-order chi connectivity index (χ1) is 11.9. The zero-order chi connectivity index (χ0) is 18.2. The van der Waals surface area contributed by atoms with E-state index in [0.717, 1.165) is 11.4 Å². The highest BCUT2D eigenvalue weighted by molar-refractivity contribution is 6.12. The minimum absolute atomic E-state index is 0.169. The third kappa shape index (κ3) is 2.74. The van der Waals surface area contributed by atoms with Gasteiger partial charge in [-0.2, -0.15) is 0 Å². The maximum atomic E-state index is 12.4. The lowest BCUT2D eigenvalue weighted by Gasteiger charge is -2.24. The maximum absolute atomic E-state index is 12.4. The standard InChI is InChI=1S/C21H21NO3/c1-21(2)16-7-5-6-8-17(16)22(3)19(21)10-9-15-11-14(13-23)12-18(25-4)20(15)24/h5-13H,1-4H3/b15-9-,19-10-. The molecule has 4 heteroatoms. The van der Waals surface area contributed by atoms with Crippen LogP contribution in [-0.4, -0.2) is 26.2 Å². The van der Waals surface area contributed by atoms with Gasteiger partial charge >= 0.3 is 0 Å². The first kappa shape index (κ1) is 17.0. The van der Waals surface area contributed by atoms with Gasteiger partial charge in [0, 0.05) is 35.0 Å². The molecule has 0 fully saturated rings. The first-order valence-electron chi connectivity index (χ1n) is 8.13. The first-order valence-corrected chi connectivity index (χ1v) is 8.13. The number of allylic oxidation sites excluding steroid dienone is 7. The summed E-state index contributed by atoms with van der Waals surface area (Å²) in [6.45, 7) is 4.32. The van der Waals surface area contributed by atoms with Gasteiger partial charge in [-0.15, -0.1) is 0 Å². The molecule has 2 aliphatic rings. The van der Waals surface area contributed by atoms with Gasteiger partial charge in [0.15, 0.2) is 5.76 Å². The van der Waals surface area contributed by atoms with Crippen molar-refractivity contribution < 1.29 is 14.3 Å². The lowest BCUT2D eigenvalue weighted by Crippen LogP contribution is -2.22. The molecule has 25 heavy (non-hydrogen) atoms. The lowest BCUT2D eigenvalue weighted by molar-refractivity contribution is -0.114. The van der Waals surface area contributed by atoms with Gasteiger partial charge in [-0.3, -0.25) is 9.59 Å². The second-order valence-corrected chi connectivity index (χ2v) is 6.68. The summed E-state index contributed by atoms with van der Waals surface area (Å²) in [7, 11) is 3.45.